The van der Waals surface area contributed by atoms with Crippen LogP contribution < -0.4 is 5.32 Å². The topological polar surface area (TPSA) is 52.6 Å². The van der Waals surface area contributed by atoms with Crippen LogP contribution in [0.2, 0.25) is 0 Å². The molecule has 4 nitrogen and oxygen atoms in total. The maximum absolute atomic E-state index is 11.6. The number of carbonyl (C=O) groups is 1. The second-order valence-corrected chi connectivity index (χ2v) is 4.96. The van der Waals surface area contributed by atoms with Crippen LogP contribution in [0.15, 0.2) is 0 Å². The molecular weight excluding hydrogens is 212 g/mol. The Morgan fingerprint density at radius 1 is 1.53 bits per heavy atom. The average molecular weight is 232 g/mol. The van der Waals surface area contributed by atoms with Gasteiger partial charge in [-0.1, -0.05) is 0 Å². The molecule has 0 radical (unpaired) electrons. The molecule has 1 aliphatic heterocycles. The van der Waals surface area contributed by atoms with Gasteiger partial charge in [0.05, 0.1) is 5.60 Å². The first-order chi connectivity index (χ1) is 7.11. The molecule has 0 aliphatic carbocycles. The van der Waals surface area contributed by atoms with Crippen LogP contribution in [0.4, 0.5) is 4.79 Å². The van der Waals surface area contributed by atoms with Crippen molar-refractivity contribution in [1.29, 1.82) is 0 Å². The van der Waals surface area contributed by atoms with E-state index in [-0.39, 0.29) is 6.03 Å². The third-order valence-electron chi connectivity index (χ3n) is 2.70. The molecule has 1 aliphatic rings. The van der Waals surface area contributed by atoms with Crippen molar-refractivity contribution >= 4 is 17.8 Å². The van der Waals surface area contributed by atoms with Gasteiger partial charge in [0.1, 0.15) is 0 Å². The largest absolute Gasteiger partial charge is 0.387 e. The Bertz CT molecular complexity index is 213. The highest BCUT2D eigenvalue weighted by molar-refractivity contribution is 7.99. The maximum atomic E-state index is 11.6. The van der Waals surface area contributed by atoms with Crippen LogP contribution in [-0.4, -0.2) is 52.8 Å². The van der Waals surface area contributed by atoms with Gasteiger partial charge in [0.2, 0.25) is 0 Å². The summed E-state index contributed by atoms with van der Waals surface area (Å²) in [6.07, 6.45) is 0.774. The van der Waals surface area contributed by atoms with E-state index in [0.29, 0.717) is 19.6 Å². The van der Waals surface area contributed by atoms with Crippen molar-refractivity contribution in [3.63, 3.8) is 0 Å². The van der Waals surface area contributed by atoms with E-state index in [1.165, 1.54) is 0 Å². The van der Waals surface area contributed by atoms with Crippen molar-refractivity contribution in [3.05, 3.63) is 0 Å². The second kappa shape index (κ2) is 5.61. The quantitative estimate of drug-likeness (QED) is 0.757. The lowest BCUT2D eigenvalue weighted by Gasteiger charge is -2.25. The zero-order chi connectivity index (χ0) is 11.3. The number of rotatable bonds is 4. The molecular formula is C10H20N2O2S. The standard InChI is InChI=1S/C10H20N2O2S/c1-3-12(4-2)9(13)11-7-10(14)5-6-15-8-10/h14H,3-8H2,1-2H3,(H,11,13). The fourth-order valence-electron chi connectivity index (χ4n) is 1.60. The fraction of sp³-hybridized carbons (Fsp3) is 0.900. The van der Waals surface area contributed by atoms with E-state index in [2.05, 4.69) is 5.32 Å². The van der Waals surface area contributed by atoms with Gasteiger partial charge in [-0.05, 0) is 26.0 Å². The van der Waals surface area contributed by atoms with E-state index in [9.17, 15) is 9.90 Å². The molecule has 0 bridgehead atoms. The van der Waals surface area contributed by atoms with Crippen LogP contribution in [-0.2, 0) is 0 Å². The lowest BCUT2D eigenvalue weighted by molar-refractivity contribution is 0.0681. The Hall–Kier alpha value is -0.420. The number of nitrogens with zero attached hydrogens (tertiary/aromatic N) is 1. The number of nitrogens with one attached hydrogen (secondary N) is 1. The van der Waals surface area contributed by atoms with Crippen LogP contribution in [0.3, 0.4) is 0 Å². The smallest absolute Gasteiger partial charge is 0.317 e. The molecule has 1 unspecified atom stereocenters. The summed E-state index contributed by atoms with van der Waals surface area (Å²) in [6.45, 7) is 5.67. The number of aliphatic hydroxyl groups is 1. The van der Waals surface area contributed by atoms with E-state index in [4.69, 9.17) is 0 Å². The number of hydrogen-bond donors (Lipinski definition) is 2. The molecule has 88 valence electrons. The third kappa shape index (κ3) is 3.57. The van der Waals surface area contributed by atoms with Gasteiger partial charge in [-0.2, -0.15) is 11.8 Å². The Morgan fingerprint density at radius 2 is 2.20 bits per heavy atom. The lowest BCUT2D eigenvalue weighted by Crippen LogP contribution is -2.47. The summed E-state index contributed by atoms with van der Waals surface area (Å²) in [5.41, 5.74) is -0.687. The minimum atomic E-state index is -0.687. The molecule has 0 aromatic heterocycles. The van der Waals surface area contributed by atoms with Crippen molar-refractivity contribution < 1.29 is 9.90 Å². The van der Waals surface area contributed by atoms with E-state index in [1.54, 1.807) is 16.7 Å². The molecule has 15 heavy (non-hydrogen) atoms. The molecule has 1 rings (SSSR count). The SMILES string of the molecule is CCN(CC)C(=O)NCC1(O)CCSC1. The summed E-state index contributed by atoms with van der Waals surface area (Å²) in [5.74, 6) is 1.71. The molecule has 0 spiro atoms. The normalized spacial score (nSPS) is 25.3. The molecule has 1 atom stereocenters. The minimum Gasteiger partial charge on any atom is -0.387 e. The van der Waals surface area contributed by atoms with Crippen LogP contribution in [0.25, 0.3) is 0 Å². The number of amides is 2. The summed E-state index contributed by atoms with van der Waals surface area (Å²) in [6, 6.07) is -0.0784. The van der Waals surface area contributed by atoms with E-state index in [0.717, 1.165) is 17.9 Å². The maximum Gasteiger partial charge on any atom is 0.317 e. The zero-order valence-corrected chi connectivity index (χ0v) is 10.3. The monoisotopic (exact) mass is 232 g/mol. The lowest BCUT2D eigenvalue weighted by atomic mass is 10.0. The molecule has 2 N–H and O–H groups in total. The predicted octanol–water partition coefficient (Wildman–Crippen LogP) is 0.906. The molecule has 0 aromatic carbocycles. The predicted molar refractivity (Wildman–Crippen MR) is 63.2 cm³/mol. The van der Waals surface area contributed by atoms with Crippen LogP contribution in [0, 0.1) is 0 Å². The van der Waals surface area contributed by atoms with Gasteiger partial charge in [-0.15, -0.1) is 0 Å². The first-order valence-electron chi connectivity index (χ1n) is 5.44. The van der Waals surface area contributed by atoms with Gasteiger partial charge in [0.25, 0.3) is 0 Å². The van der Waals surface area contributed by atoms with E-state index in [1.807, 2.05) is 13.8 Å². The Morgan fingerprint density at radius 3 is 2.67 bits per heavy atom. The van der Waals surface area contributed by atoms with Crippen molar-refractivity contribution in [2.75, 3.05) is 31.1 Å². The molecule has 0 aromatic rings. The van der Waals surface area contributed by atoms with Gasteiger partial charge in [0.15, 0.2) is 0 Å². The second-order valence-electron chi connectivity index (χ2n) is 3.86. The van der Waals surface area contributed by atoms with Gasteiger partial charge in [-0.3, -0.25) is 0 Å². The Balaban J connectivity index is 2.32. The molecule has 1 fully saturated rings. The van der Waals surface area contributed by atoms with Crippen molar-refractivity contribution in [3.8, 4) is 0 Å². The van der Waals surface area contributed by atoms with Gasteiger partial charge < -0.3 is 15.3 Å². The summed E-state index contributed by atoms with van der Waals surface area (Å²) >= 11 is 1.74. The first-order valence-corrected chi connectivity index (χ1v) is 6.59. The highest BCUT2D eigenvalue weighted by atomic mass is 32.2. The number of carbonyl (C=O) groups excluding carboxylic acids is 1. The third-order valence-corrected chi connectivity index (χ3v) is 3.94. The average Bonchev–Trinajstić information content (AvgIpc) is 2.65. The van der Waals surface area contributed by atoms with Gasteiger partial charge in [-0.25, -0.2) is 4.79 Å². The van der Waals surface area contributed by atoms with Crippen molar-refractivity contribution in [2.24, 2.45) is 0 Å². The summed E-state index contributed by atoms with van der Waals surface area (Å²) in [7, 11) is 0. The summed E-state index contributed by atoms with van der Waals surface area (Å²) in [4.78, 5) is 13.3. The van der Waals surface area contributed by atoms with Crippen molar-refractivity contribution in [2.45, 2.75) is 25.9 Å². The summed E-state index contributed by atoms with van der Waals surface area (Å²) < 4.78 is 0. The molecule has 0 saturated carbocycles. The zero-order valence-electron chi connectivity index (χ0n) is 9.45. The van der Waals surface area contributed by atoms with E-state index >= 15 is 0 Å². The highest BCUT2D eigenvalue weighted by Crippen LogP contribution is 2.26. The first kappa shape index (κ1) is 12.6. The fourth-order valence-corrected chi connectivity index (χ4v) is 2.89. The van der Waals surface area contributed by atoms with Crippen LogP contribution in [0.5, 0.6) is 0 Å². The van der Waals surface area contributed by atoms with Gasteiger partial charge >= 0.3 is 6.03 Å². The number of hydrogen-bond acceptors (Lipinski definition) is 3. The Labute approximate surface area is 95.4 Å². The van der Waals surface area contributed by atoms with Gasteiger partial charge in [0, 0.05) is 25.4 Å². The van der Waals surface area contributed by atoms with Crippen LogP contribution in [0.1, 0.15) is 20.3 Å². The number of thioether (sulfide) groups is 1. The molecule has 1 saturated heterocycles. The highest BCUT2D eigenvalue weighted by Gasteiger charge is 2.32. The van der Waals surface area contributed by atoms with Crippen molar-refractivity contribution in [1.82, 2.24) is 10.2 Å². The number of urea groups is 1. The molecule has 2 amide bonds. The Kier molecular flexibility index (Phi) is 4.73. The summed E-state index contributed by atoms with van der Waals surface area (Å²) in [5, 5.41) is 12.8. The van der Waals surface area contributed by atoms with E-state index < -0.39 is 5.60 Å². The van der Waals surface area contributed by atoms with Crippen LogP contribution >= 0.6 is 11.8 Å². The molecule has 1 heterocycles. The minimum absolute atomic E-state index is 0.0784. The molecule has 5 heteroatoms.